The summed E-state index contributed by atoms with van der Waals surface area (Å²) in [5, 5.41) is 11.9. The van der Waals surface area contributed by atoms with E-state index in [0.717, 1.165) is 16.8 Å². The van der Waals surface area contributed by atoms with Crippen LogP contribution in [-0.4, -0.2) is 0 Å². The maximum Gasteiger partial charge on any atom is 0.162 e. The summed E-state index contributed by atoms with van der Waals surface area (Å²) in [6.07, 6.45) is 0. The Labute approximate surface area is 120 Å². The van der Waals surface area contributed by atoms with E-state index in [2.05, 4.69) is 21.2 Å². The van der Waals surface area contributed by atoms with Crippen molar-refractivity contribution in [1.82, 2.24) is 0 Å². The summed E-state index contributed by atoms with van der Waals surface area (Å²) in [5.41, 5.74) is 3.62. The van der Waals surface area contributed by atoms with E-state index < -0.39 is 5.82 Å². The Kier molecular flexibility index (Phi) is 3.87. The van der Waals surface area contributed by atoms with E-state index in [1.165, 1.54) is 0 Å². The molecule has 96 valence electrons. The van der Waals surface area contributed by atoms with Crippen molar-refractivity contribution in [3.8, 4) is 6.07 Å². The molecular weight excluding hydrogens is 307 g/mol. The fraction of sp³-hybridized carbons (Fsp3) is 0.133. The molecule has 0 saturated heterocycles. The Morgan fingerprint density at radius 2 is 1.89 bits per heavy atom. The molecule has 0 aliphatic carbocycles. The Bertz CT molecular complexity index is 675. The highest BCUT2D eigenvalue weighted by atomic mass is 79.9. The Balaban J connectivity index is 2.42. The second kappa shape index (κ2) is 5.41. The highest BCUT2D eigenvalue weighted by Gasteiger charge is 2.11. The van der Waals surface area contributed by atoms with Gasteiger partial charge in [0.1, 0.15) is 6.07 Å². The van der Waals surface area contributed by atoms with Crippen molar-refractivity contribution in [3.05, 3.63) is 57.3 Å². The van der Waals surface area contributed by atoms with Crippen LogP contribution in [0.25, 0.3) is 0 Å². The van der Waals surface area contributed by atoms with Crippen molar-refractivity contribution in [2.45, 2.75) is 13.8 Å². The minimum atomic E-state index is -0.458. The first kappa shape index (κ1) is 13.6. The van der Waals surface area contributed by atoms with E-state index in [1.807, 2.05) is 38.1 Å². The lowest BCUT2D eigenvalue weighted by Crippen LogP contribution is -1.98. The van der Waals surface area contributed by atoms with Gasteiger partial charge in [-0.05, 0) is 59.1 Å². The summed E-state index contributed by atoms with van der Waals surface area (Å²) >= 11 is 3.10. The van der Waals surface area contributed by atoms with Crippen molar-refractivity contribution < 1.29 is 4.39 Å². The number of halogens is 2. The molecule has 4 heteroatoms. The molecule has 0 amide bonds. The van der Waals surface area contributed by atoms with Crippen LogP contribution in [-0.2, 0) is 0 Å². The van der Waals surface area contributed by atoms with Crippen LogP contribution >= 0.6 is 15.9 Å². The molecule has 0 aliphatic heterocycles. The summed E-state index contributed by atoms with van der Waals surface area (Å²) in [5.74, 6) is -0.458. The van der Waals surface area contributed by atoms with E-state index in [4.69, 9.17) is 5.26 Å². The minimum Gasteiger partial charge on any atom is -0.353 e. The molecule has 0 unspecified atom stereocenters. The summed E-state index contributed by atoms with van der Waals surface area (Å²) in [6, 6.07) is 11.0. The molecule has 0 spiro atoms. The maximum atomic E-state index is 14.1. The smallest absolute Gasteiger partial charge is 0.162 e. The summed E-state index contributed by atoms with van der Waals surface area (Å²) in [4.78, 5) is 0. The molecule has 0 heterocycles. The van der Waals surface area contributed by atoms with Gasteiger partial charge in [-0.2, -0.15) is 5.26 Å². The Hall–Kier alpha value is -1.86. The molecule has 0 radical (unpaired) electrons. The van der Waals surface area contributed by atoms with Crippen LogP contribution in [0.4, 0.5) is 15.8 Å². The highest BCUT2D eigenvalue weighted by Crippen LogP contribution is 2.30. The normalized spacial score (nSPS) is 10.1. The number of anilines is 2. The third kappa shape index (κ3) is 2.77. The van der Waals surface area contributed by atoms with E-state index in [0.29, 0.717) is 5.69 Å². The molecular formula is C15H12BrFN2. The zero-order valence-electron chi connectivity index (χ0n) is 10.6. The first-order chi connectivity index (χ1) is 9.02. The van der Waals surface area contributed by atoms with Crippen molar-refractivity contribution in [2.24, 2.45) is 0 Å². The molecule has 2 rings (SSSR count). The SMILES string of the molecule is Cc1ccc(C)c(Nc2ccc(C#N)c(Br)c2F)c1. The molecule has 2 aromatic rings. The van der Waals surface area contributed by atoms with E-state index >= 15 is 0 Å². The number of nitrogens with one attached hydrogen (secondary N) is 1. The van der Waals surface area contributed by atoms with Crippen LogP contribution in [0.5, 0.6) is 0 Å². The maximum absolute atomic E-state index is 14.1. The molecule has 0 saturated carbocycles. The standard InChI is InChI=1S/C15H12BrFN2/c1-9-3-4-10(2)13(7-9)19-12-6-5-11(8-18)14(16)15(12)17/h3-7,19H,1-2H3. The average molecular weight is 319 g/mol. The predicted octanol–water partition coefficient (Wildman–Crippen LogP) is 4.82. The Morgan fingerprint density at radius 3 is 2.58 bits per heavy atom. The quantitative estimate of drug-likeness (QED) is 0.861. The van der Waals surface area contributed by atoms with Gasteiger partial charge in [0, 0.05) is 5.69 Å². The Morgan fingerprint density at radius 1 is 1.16 bits per heavy atom. The zero-order valence-corrected chi connectivity index (χ0v) is 12.2. The molecule has 0 fully saturated rings. The topological polar surface area (TPSA) is 35.8 Å². The summed E-state index contributed by atoms with van der Waals surface area (Å²) < 4.78 is 14.3. The lowest BCUT2D eigenvalue weighted by atomic mass is 10.1. The molecule has 2 aromatic carbocycles. The van der Waals surface area contributed by atoms with Crippen LogP contribution in [0, 0.1) is 31.0 Å². The lowest BCUT2D eigenvalue weighted by Gasteiger charge is -2.12. The van der Waals surface area contributed by atoms with Gasteiger partial charge in [0.25, 0.3) is 0 Å². The minimum absolute atomic E-state index is 0.185. The summed E-state index contributed by atoms with van der Waals surface area (Å²) in [7, 11) is 0. The second-order valence-corrected chi connectivity index (χ2v) is 5.14. The number of benzene rings is 2. The van der Waals surface area contributed by atoms with Gasteiger partial charge in [-0.25, -0.2) is 4.39 Å². The van der Waals surface area contributed by atoms with Crippen molar-refractivity contribution in [3.63, 3.8) is 0 Å². The fourth-order valence-electron chi connectivity index (χ4n) is 1.75. The van der Waals surface area contributed by atoms with Gasteiger partial charge < -0.3 is 5.32 Å². The van der Waals surface area contributed by atoms with Gasteiger partial charge in [0.2, 0.25) is 0 Å². The molecule has 1 N–H and O–H groups in total. The largest absolute Gasteiger partial charge is 0.353 e. The van der Waals surface area contributed by atoms with Crippen molar-refractivity contribution >= 4 is 27.3 Å². The second-order valence-electron chi connectivity index (χ2n) is 4.34. The first-order valence-electron chi connectivity index (χ1n) is 5.75. The third-order valence-electron chi connectivity index (χ3n) is 2.87. The number of rotatable bonds is 2. The number of aryl methyl sites for hydroxylation is 2. The van der Waals surface area contributed by atoms with Crippen LogP contribution in [0.1, 0.15) is 16.7 Å². The predicted molar refractivity (Wildman–Crippen MR) is 78.0 cm³/mol. The van der Waals surface area contributed by atoms with Crippen molar-refractivity contribution in [2.75, 3.05) is 5.32 Å². The molecule has 2 nitrogen and oxygen atoms in total. The number of hydrogen-bond donors (Lipinski definition) is 1. The monoisotopic (exact) mass is 318 g/mol. The molecule has 0 atom stereocenters. The van der Waals surface area contributed by atoms with Gasteiger partial charge in [-0.15, -0.1) is 0 Å². The van der Waals surface area contributed by atoms with Crippen LogP contribution < -0.4 is 5.32 Å². The summed E-state index contributed by atoms with van der Waals surface area (Å²) in [6.45, 7) is 3.94. The molecule has 0 aromatic heterocycles. The van der Waals surface area contributed by atoms with Gasteiger partial charge in [0.15, 0.2) is 5.82 Å². The highest BCUT2D eigenvalue weighted by molar-refractivity contribution is 9.10. The number of hydrogen-bond acceptors (Lipinski definition) is 2. The van der Waals surface area contributed by atoms with Gasteiger partial charge in [0.05, 0.1) is 15.7 Å². The van der Waals surface area contributed by atoms with Gasteiger partial charge in [-0.3, -0.25) is 0 Å². The first-order valence-corrected chi connectivity index (χ1v) is 6.54. The van der Waals surface area contributed by atoms with E-state index in [1.54, 1.807) is 12.1 Å². The van der Waals surface area contributed by atoms with E-state index in [9.17, 15) is 4.39 Å². The molecule has 0 bridgehead atoms. The average Bonchev–Trinajstić information content (AvgIpc) is 2.39. The van der Waals surface area contributed by atoms with Crippen LogP contribution in [0.2, 0.25) is 0 Å². The zero-order chi connectivity index (χ0) is 14.0. The van der Waals surface area contributed by atoms with E-state index in [-0.39, 0.29) is 10.0 Å². The molecule has 0 aliphatic rings. The number of nitrogens with zero attached hydrogens (tertiary/aromatic N) is 1. The van der Waals surface area contributed by atoms with Gasteiger partial charge in [-0.1, -0.05) is 12.1 Å². The van der Waals surface area contributed by atoms with Gasteiger partial charge >= 0.3 is 0 Å². The fourth-order valence-corrected chi connectivity index (χ4v) is 2.18. The number of nitriles is 1. The lowest BCUT2D eigenvalue weighted by molar-refractivity contribution is 0.624. The van der Waals surface area contributed by atoms with Crippen LogP contribution in [0.15, 0.2) is 34.8 Å². The third-order valence-corrected chi connectivity index (χ3v) is 3.64. The van der Waals surface area contributed by atoms with Crippen LogP contribution in [0.3, 0.4) is 0 Å². The van der Waals surface area contributed by atoms with Crippen molar-refractivity contribution in [1.29, 1.82) is 5.26 Å². The molecule has 19 heavy (non-hydrogen) atoms.